The Morgan fingerprint density at radius 2 is 2.28 bits per heavy atom. The summed E-state index contributed by atoms with van der Waals surface area (Å²) in [5.41, 5.74) is 1.88. The van der Waals surface area contributed by atoms with E-state index in [1.54, 1.807) is 30.6 Å². The molecule has 2 bridgehead atoms. The quantitative estimate of drug-likeness (QED) is 0.391. The molecule has 1 aromatic heterocycles. The first-order valence-electron chi connectivity index (χ1n) is 12.5. The van der Waals surface area contributed by atoms with Crippen molar-refractivity contribution in [1.29, 1.82) is 0 Å². The third-order valence-corrected chi connectivity index (χ3v) is 10.6. The van der Waals surface area contributed by atoms with Crippen LogP contribution in [0.25, 0.3) is 6.08 Å². The number of thiophene rings is 1. The van der Waals surface area contributed by atoms with E-state index in [-0.39, 0.29) is 29.2 Å². The number of benzene rings is 1. The van der Waals surface area contributed by atoms with E-state index in [2.05, 4.69) is 27.4 Å². The van der Waals surface area contributed by atoms with Gasteiger partial charge in [-0.25, -0.2) is 0 Å². The van der Waals surface area contributed by atoms with E-state index in [0.717, 1.165) is 65.0 Å². The maximum absolute atomic E-state index is 13.3. The first-order valence-corrected chi connectivity index (χ1v) is 14.2. The molecule has 1 amide bonds. The highest BCUT2D eigenvalue weighted by Crippen LogP contribution is 2.65. The number of likely N-dealkylation sites (tertiary alicyclic amines) is 1. The number of phenolic OH excluding ortho intramolecular Hbond substituents is 1. The fourth-order valence-corrected chi connectivity index (χ4v) is 8.78. The van der Waals surface area contributed by atoms with Crippen LogP contribution in [0.3, 0.4) is 0 Å². The van der Waals surface area contributed by atoms with Crippen LogP contribution < -0.4 is 9.47 Å². The number of aromatic hydroxyl groups is 1. The summed E-state index contributed by atoms with van der Waals surface area (Å²) >= 11 is 5.07. The molecule has 6 rings (SSSR count). The number of likely N-dealkylation sites (N-methyl/N-ethyl adjacent to an activating group) is 1. The van der Waals surface area contributed by atoms with E-state index in [1.807, 2.05) is 35.5 Å². The van der Waals surface area contributed by atoms with Gasteiger partial charge in [0, 0.05) is 63.0 Å². The van der Waals surface area contributed by atoms with Crippen LogP contribution in [-0.4, -0.2) is 66.2 Å². The number of amides is 1. The van der Waals surface area contributed by atoms with Crippen molar-refractivity contribution in [1.82, 2.24) is 9.80 Å². The zero-order chi connectivity index (χ0) is 25.2. The predicted octanol–water partition coefficient (Wildman–Crippen LogP) is 4.99. The van der Waals surface area contributed by atoms with Crippen molar-refractivity contribution >= 4 is 39.2 Å². The second-order valence-electron chi connectivity index (χ2n) is 10.4. The number of hydrogen-bond acceptors (Lipinski definition) is 6. The standard InChI is InChI=1S/C28H31BrN2O4S/c1-4-10-31-11-9-28-19-6-7-20(30(2)24(33)8-5-17-12-16(29)15-36-17)27(28)35-26-23(34-3)14-22(32)18(25(26)28)13-21(19)31/h4-5,8,12,14-15,19-21,27,32H,1,6-7,9-11,13H2,2-3H3/b8-5+/t19-,20-,21+,27-,28-/m0/s1. The summed E-state index contributed by atoms with van der Waals surface area (Å²) < 4.78 is 13.5. The van der Waals surface area contributed by atoms with Gasteiger partial charge in [-0.15, -0.1) is 17.9 Å². The summed E-state index contributed by atoms with van der Waals surface area (Å²) in [6, 6.07) is 3.96. The van der Waals surface area contributed by atoms with E-state index in [1.165, 1.54) is 0 Å². The lowest BCUT2D eigenvalue weighted by Gasteiger charge is -2.60. The van der Waals surface area contributed by atoms with Crippen LogP contribution in [0.5, 0.6) is 17.2 Å². The normalized spacial score (nSPS) is 30.1. The van der Waals surface area contributed by atoms with Gasteiger partial charge >= 0.3 is 0 Å². The van der Waals surface area contributed by atoms with Gasteiger partial charge in [-0.1, -0.05) is 6.08 Å². The largest absolute Gasteiger partial charge is 0.508 e. The fraction of sp³-hybridized carbons (Fsp3) is 0.464. The minimum atomic E-state index is -0.239. The molecule has 1 aromatic carbocycles. The molecule has 2 aliphatic heterocycles. The molecular formula is C28H31BrN2O4S. The average molecular weight is 572 g/mol. The number of piperidine rings is 1. The van der Waals surface area contributed by atoms with Gasteiger partial charge in [0.15, 0.2) is 11.5 Å². The monoisotopic (exact) mass is 570 g/mol. The van der Waals surface area contributed by atoms with Gasteiger partial charge in [-0.2, -0.15) is 0 Å². The molecule has 2 aromatic rings. The Morgan fingerprint density at radius 1 is 1.44 bits per heavy atom. The highest BCUT2D eigenvalue weighted by molar-refractivity contribution is 9.10. The van der Waals surface area contributed by atoms with Gasteiger partial charge in [0.1, 0.15) is 11.9 Å². The third kappa shape index (κ3) is 3.41. The summed E-state index contributed by atoms with van der Waals surface area (Å²) in [6.45, 7) is 5.77. The lowest BCUT2D eigenvalue weighted by Crippen LogP contribution is -2.68. The molecule has 1 spiro atoms. The molecule has 1 N–H and O–H groups in total. The lowest BCUT2D eigenvalue weighted by molar-refractivity contribution is -0.135. The molecule has 6 nitrogen and oxygen atoms in total. The molecule has 2 aliphatic carbocycles. The minimum Gasteiger partial charge on any atom is -0.508 e. The van der Waals surface area contributed by atoms with Crippen LogP contribution in [0.2, 0.25) is 0 Å². The van der Waals surface area contributed by atoms with Crippen molar-refractivity contribution < 1.29 is 19.4 Å². The molecule has 36 heavy (non-hydrogen) atoms. The van der Waals surface area contributed by atoms with E-state index < -0.39 is 0 Å². The van der Waals surface area contributed by atoms with E-state index in [4.69, 9.17) is 9.47 Å². The number of methoxy groups -OCH3 is 1. The number of ether oxygens (including phenoxy) is 2. The Hall–Kier alpha value is -2.29. The lowest BCUT2D eigenvalue weighted by atomic mass is 9.51. The van der Waals surface area contributed by atoms with Crippen molar-refractivity contribution in [3.8, 4) is 17.2 Å². The smallest absolute Gasteiger partial charge is 0.246 e. The highest BCUT2D eigenvalue weighted by atomic mass is 79.9. The second-order valence-corrected chi connectivity index (χ2v) is 12.2. The van der Waals surface area contributed by atoms with Gasteiger partial charge in [0.05, 0.1) is 13.2 Å². The van der Waals surface area contributed by atoms with Crippen molar-refractivity contribution in [2.75, 3.05) is 27.2 Å². The molecule has 3 heterocycles. The number of phenols is 1. The Kier molecular flexibility index (Phi) is 5.97. The summed E-state index contributed by atoms with van der Waals surface area (Å²) in [4.78, 5) is 18.7. The van der Waals surface area contributed by atoms with Crippen molar-refractivity contribution in [2.45, 2.75) is 49.3 Å². The van der Waals surface area contributed by atoms with Crippen LogP contribution in [0.15, 0.2) is 40.7 Å². The Bertz CT molecular complexity index is 1260. The molecule has 1 saturated heterocycles. The Labute approximate surface area is 224 Å². The van der Waals surface area contributed by atoms with Crippen LogP contribution in [0.1, 0.15) is 35.3 Å². The molecule has 5 atom stereocenters. The number of carbonyl (C=O) groups is 1. The summed E-state index contributed by atoms with van der Waals surface area (Å²) in [7, 11) is 3.52. The Morgan fingerprint density at radius 3 is 3.00 bits per heavy atom. The number of nitrogens with zero attached hydrogens (tertiary/aromatic N) is 2. The zero-order valence-electron chi connectivity index (χ0n) is 20.6. The topological polar surface area (TPSA) is 62.2 Å². The van der Waals surface area contributed by atoms with Gasteiger partial charge < -0.3 is 19.5 Å². The van der Waals surface area contributed by atoms with Crippen LogP contribution in [0.4, 0.5) is 0 Å². The SMILES string of the molecule is C=CCN1CC[C@]23c4c5c(O)cc(OC)c4O[C@H]2[C@@H](N(C)C(=O)/C=C/c2cc(Br)cs2)CC[C@H]3[C@H]1C5. The third-order valence-electron chi connectivity index (χ3n) is 8.90. The first-order chi connectivity index (χ1) is 17.4. The number of hydrogen-bond donors (Lipinski definition) is 1. The van der Waals surface area contributed by atoms with Gasteiger partial charge in [-0.05, 0) is 66.2 Å². The van der Waals surface area contributed by atoms with E-state index >= 15 is 0 Å². The zero-order valence-corrected chi connectivity index (χ0v) is 23.0. The van der Waals surface area contributed by atoms with E-state index in [9.17, 15) is 9.90 Å². The Balaban J connectivity index is 1.39. The van der Waals surface area contributed by atoms with Crippen LogP contribution in [-0.2, 0) is 16.6 Å². The summed E-state index contributed by atoms with van der Waals surface area (Å²) in [6.07, 6.45) is 8.97. The van der Waals surface area contributed by atoms with Gasteiger partial charge in [0.2, 0.25) is 5.91 Å². The molecule has 190 valence electrons. The van der Waals surface area contributed by atoms with Gasteiger partial charge in [0.25, 0.3) is 0 Å². The van der Waals surface area contributed by atoms with Crippen molar-refractivity contribution in [3.63, 3.8) is 0 Å². The summed E-state index contributed by atoms with van der Waals surface area (Å²) in [5, 5.41) is 13.1. The number of halogens is 1. The second kappa shape index (κ2) is 8.92. The van der Waals surface area contributed by atoms with E-state index in [0.29, 0.717) is 17.7 Å². The van der Waals surface area contributed by atoms with Crippen molar-refractivity contribution in [3.05, 3.63) is 56.7 Å². The molecule has 8 heteroatoms. The minimum absolute atomic E-state index is 0.0228. The van der Waals surface area contributed by atoms with Crippen LogP contribution in [0, 0.1) is 5.92 Å². The highest BCUT2D eigenvalue weighted by Gasteiger charge is 2.66. The molecule has 2 fully saturated rings. The average Bonchev–Trinajstić information content (AvgIpc) is 3.44. The number of carbonyl (C=O) groups excluding carboxylic acids is 1. The molecule has 4 aliphatic rings. The molecular weight excluding hydrogens is 540 g/mol. The maximum atomic E-state index is 13.3. The molecule has 0 unspecified atom stereocenters. The fourth-order valence-electron chi connectivity index (χ4n) is 7.44. The van der Waals surface area contributed by atoms with Crippen molar-refractivity contribution in [2.24, 2.45) is 5.92 Å². The number of rotatable bonds is 6. The van der Waals surface area contributed by atoms with Gasteiger partial charge in [-0.3, -0.25) is 9.69 Å². The molecule has 1 saturated carbocycles. The molecule has 0 radical (unpaired) electrons. The summed E-state index contributed by atoms with van der Waals surface area (Å²) in [5.74, 6) is 2.01. The predicted molar refractivity (Wildman–Crippen MR) is 145 cm³/mol. The maximum Gasteiger partial charge on any atom is 0.246 e. The van der Waals surface area contributed by atoms with Crippen LogP contribution >= 0.6 is 27.3 Å². The first kappa shape index (κ1) is 24.1.